The summed E-state index contributed by atoms with van der Waals surface area (Å²) in [6, 6.07) is 6.29. The topological polar surface area (TPSA) is 50.4 Å². The zero-order chi connectivity index (χ0) is 13.8. The summed E-state index contributed by atoms with van der Waals surface area (Å²) in [7, 11) is 0. The third kappa shape index (κ3) is 4.20. The molecule has 2 unspecified atom stereocenters. The first-order valence-corrected chi connectivity index (χ1v) is 6.78. The first kappa shape index (κ1) is 17.0. The van der Waals surface area contributed by atoms with Crippen molar-refractivity contribution < 1.29 is 9.53 Å². The molecule has 1 heterocycles. The molecule has 1 fully saturated rings. The Kier molecular flexibility index (Phi) is 6.46. The van der Waals surface area contributed by atoms with Gasteiger partial charge in [0.2, 0.25) is 0 Å². The molecular formula is C15H23ClN2O2. The van der Waals surface area contributed by atoms with Gasteiger partial charge in [0.05, 0.1) is 12.6 Å². The number of carbonyl (C=O) groups excluding carboxylic acids is 1. The van der Waals surface area contributed by atoms with E-state index in [1.54, 1.807) is 0 Å². The maximum Gasteiger partial charge on any atom is 0.250 e. The zero-order valence-electron chi connectivity index (χ0n) is 12.2. The van der Waals surface area contributed by atoms with E-state index in [2.05, 4.69) is 42.7 Å². The predicted molar refractivity (Wildman–Crippen MR) is 82.3 cm³/mol. The van der Waals surface area contributed by atoms with Crippen LogP contribution in [0.5, 0.6) is 0 Å². The highest BCUT2D eigenvalue weighted by Crippen LogP contribution is 2.18. The van der Waals surface area contributed by atoms with Crippen molar-refractivity contribution in [1.29, 1.82) is 0 Å². The second kappa shape index (κ2) is 7.62. The van der Waals surface area contributed by atoms with E-state index in [-0.39, 0.29) is 30.5 Å². The zero-order valence-corrected chi connectivity index (χ0v) is 13.0. The van der Waals surface area contributed by atoms with Crippen LogP contribution in [0.3, 0.4) is 0 Å². The van der Waals surface area contributed by atoms with Crippen molar-refractivity contribution in [3.05, 3.63) is 34.9 Å². The summed E-state index contributed by atoms with van der Waals surface area (Å²) in [5, 5.41) is 6.18. The molecule has 112 valence electrons. The van der Waals surface area contributed by atoms with Crippen molar-refractivity contribution in [2.75, 3.05) is 19.7 Å². The lowest BCUT2D eigenvalue weighted by Gasteiger charge is -2.25. The Morgan fingerprint density at radius 2 is 2.20 bits per heavy atom. The Balaban J connectivity index is 0.00000200. The summed E-state index contributed by atoms with van der Waals surface area (Å²) in [6.07, 6.45) is -0.373. The molecule has 0 saturated carbocycles. The molecule has 0 radical (unpaired) electrons. The molecule has 5 heteroatoms. The number of carbonyl (C=O) groups is 1. The van der Waals surface area contributed by atoms with Crippen LogP contribution >= 0.6 is 12.4 Å². The molecule has 0 spiro atoms. The van der Waals surface area contributed by atoms with Crippen molar-refractivity contribution in [1.82, 2.24) is 10.6 Å². The fourth-order valence-electron chi connectivity index (χ4n) is 2.43. The summed E-state index contributed by atoms with van der Waals surface area (Å²) >= 11 is 0. The van der Waals surface area contributed by atoms with Crippen molar-refractivity contribution in [3.63, 3.8) is 0 Å². The number of rotatable bonds is 3. The number of amides is 1. The lowest BCUT2D eigenvalue weighted by molar-refractivity contribution is -0.134. The van der Waals surface area contributed by atoms with Crippen molar-refractivity contribution in [2.45, 2.75) is 32.9 Å². The van der Waals surface area contributed by atoms with Crippen molar-refractivity contribution >= 4 is 18.3 Å². The third-order valence-electron chi connectivity index (χ3n) is 3.47. The van der Waals surface area contributed by atoms with Crippen LogP contribution in [0.1, 0.15) is 29.7 Å². The average molecular weight is 299 g/mol. The number of morpholine rings is 1. The maximum atomic E-state index is 12.1. The minimum atomic E-state index is -0.373. The first-order chi connectivity index (χ1) is 9.08. The Morgan fingerprint density at radius 3 is 2.80 bits per heavy atom. The quantitative estimate of drug-likeness (QED) is 0.896. The Hall–Kier alpha value is -1.10. The highest BCUT2D eigenvalue weighted by molar-refractivity contribution is 5.85. The minimum absolute atomic E-state index is 0. The average Bonchev–Trinajstić information content (AvgIpc) is 2.39. The molecule has 4 nitrogen and oxygen atoms in total. The molecule has 2 N–H and O–H groups in total. The summed E-state index contributed by atoms with van der Waals surface area (Å²) in [6.45, 7) is 8.15. The summed E-state index contributed by atoms with van der Waals surface area (Å²) in [4.78, 5) is 12.1. The van der Waals surface area contributed by atoms with Crippen LogP contribution in [0.25, 0.3) is 0 Å². The number of benzene rings is 1. The molecule has 1 saturated heterocycles. The molecule has 2 atom stereocenters. The van der Waals surface area contributed by atoms with E-state index in [0.717, 1.165) is 12.1 Å². The highest BCUT2D eigenvalue weighted by atomic mass is 35.5. The van der Waals surface area contributed by atoms with Crippen LogP contribution in [0, 0.1) is 13.8 Å². The minimum Gasteiger partial charge on any atom is -0.366 e. The van der Waals surface area contributed by atoms with Gasteiger partial charge >= 0.3 is 0 Å². The molecule has 1 amide bonds. The predicted octanol–water partition coefficient (Wildman–Crippen LogP) is 1.89. The third-order valence-corrected chi connectivity index (χ3v) is 3.47. The molecular weight excluding hydrogens is 276 g/mol. The second-order valence-corrected chi connectivity index (χ2v) is 5.15. The fourth-order valence-corrected chi connectivity index (χ4v) is 2.43. The van der Waals surface area contributed by atoms with E-state index >= 15 is 0 Å². The number of hydrogen-bond donors (Lipinski definition) is 2. The smallest absolute Gasteiger partial charge is 0.250 e. The van der Waals surface area contributed by atoms with Crippen LogP contribution in [0.4, 0.5) is 0 Å². The van der Waals surface area contributed by atoms with Crippen molar-refractivity contribution in [2.24, 2.45) is 0 Å². The monoisotopic (exact) mass is 298 g/mol. The summed E-state index contributed by atoms with van der Waals surface area (Å²) in [5.74, 6) is -0.0420. The van der Waals surface area contributed by atoms with Gasteiger partial charge < -0.3 is 15.4 Å². The SMILES string of the molecule is Cc1ccc(C(C)NC(=O)C2CNCCO2)c(C)c1.Cl. The van der Waals surface area contributed by atoms with Crippen molar-refractivity contribution in [3.8, 4) is 0 Å². The Labute approximate surface area is 126 Å². The van der Waals surface area contributed by atoms with Crippen LogP contribution in [0.2, 0.25) is 0 Å². The lowest BCUT2D eigenvalue weighted by Crippen LogP contribution is -2.48. The van der Waals surface area contributed by atoms with Gasteiger partial charge in [-0.1, -0.05) is 23.8 Å². The van der Waals surface area contributed by atoms with Crippen LogP contribution in [0.15, 0.2) is 18.2 Å². The lowest BCUT2D eigenvalue weighted by atomic mass is 10.00. The fraction of sp³-hybridized carbons (Fsp3) is 0.533. The number of hydrogen-bond acceptors (Lipinski definition) is 3. The number of halogens is 1. The summed E-state index contributed by atoms with van der Waals surface area (Å²) in [5.41, 5.74) is 3.60. The molecule has 0 bridgehead atoms. The molecule has 2 rings (SSSR count). The van der Waals surface area contributed by atoms with E-state index < -0.39 is 0 Å². The van der Waals surface area contributed by atoms with E-state index in [1.807, 2.05) is 6.92 Å². The van der Waals surface area contributed by atoms with Gasteiger partial charge in [0.1, 0.15) is 6.10 Å². The molecule has 1 aliphatic heterocycles. The Morgan fingerprint density at radius 1 is 1.45 bits per heavy atom. The highest BCUT2D eigenvalue weighted by Gasteiger charge is 2.23. The van der Waals surface area contributed by atoms with E-state index in [0.29, 0.717) is 13.2 Å². The normalized spacial score (nSPS) is 19.9. The van der Waals surface area contributed by atoms with Gasteiger partial charge in [-0.25, -0.2) is 0 Å². The summed E-state index contributed by atoms with van der Waals surface area (Å²) < 4.78 is 5.45. The molecule has 0 aliphatic carbocycles. The number of ether oxygens (including phenoxy) is 1. The maximum absolute atomic E-state index is 12.1. The number of aryl methyl sites for hydroxylation is 2. The molecule has 1 aliphatic rings. The van der Waals surface area contributed by atoms with E-state index in [1.165, 1.54) is 11.1 Å². The van der Waals surface area contributed by atoms with Gasteiger partial charge in [0, 0.05) is 13.1 Å². The molecule has 20 heavy (non-hydrogen) atoms. The largest absolute Gasteiger partial charge is 0.366 e. The van der Waals surface area contributed by atoms with Gasteiger partial charge in [0.15, 0.2) is 0 Å². The van der Waals surface area contributed by atoms with Gasteiger partial charge in [-0.3, -0.25) is 4.79 Å². The van der Waals surface area contributed by atoms with E-state index in [4.69, 9.17) is 4.74 Å². The first-order valence-electron chi connectivity index (χ1n) is 6.78. The standard InChI is InChI=1S/C15H22N2O2.ClH/c1-10-4-5-13(11(2)8-10)12(3)17-15(18)14-9-16-6-7-19-14;/h4-5,8,12,14,16H,6-7,9H2,1-3H3,(H,17,18);1H. The second-order valence-electron chi connectivity index (χ2n) is 5.15. The van der Waals surface area contributed by atoms with Gasteiger partial charge in [-0.05, 0) is 31.9 Å². The Bertz CT molecular complexity index is 459. The van der Waals surface area contributed by atoms with E-state index in [9.17, 15) is 4.79 Å². The van der Waals surface area contributed by atoms with Gasteiger partial charge in [-0.15, -0.1) is 12.4 Å². The molecule has 0 aromatic heterocycles. The molecule has 1 aromatic rings. The number of nitrogens with one attached hydrogen (secondary N) is 2. The van der Waals surface area contributed by atoms with Crippen LogP contribution < -0.4 is 10.6 Å². The van der Waals surface area contributed by atoms with Gasteiger partial charge in [-0.2, -0.15) is 0 Å². The molecule has 1 aromatic carbocycles. The van der Waals surface area contributed by atoms with Gasteiger partial charge in [0.25, 0.3) is 5.91 Å². The van der Waals surface area contributed by atoms with Crippen LogP contribution in [-0.2, 0) is 9.53 Å². The van der Waals surface area contributed by atoms with Crippen LogP contribution in [-0.4, -0.2) is 31.7 Å².